The maximum Gasteiger partial charge on any atom is 0.0556 e. The van der Waals surface area contributed by atoms with Crippen LogP contribution in [0.1, 0.15) is 43.0 Å². The molecule has 1 aliphatic carbocycles. The minimum absolute atomic E-state index is 0.325. The van der Waals surface area contributed by atoms with Crippen LogP contribution >= 0.6 is 11.3 Å². The van der Waals surface area contributed by atoms with Gasteiger partial charge in [-0.1, -0.05) is 43.9 Å². The molecule has 1 fully saturated rings. The van der Waals surface area contributed by atoms with Gasteiger partial charge in [-0.05, 0) is 29.9 Å². The van der Waals surface area contributed by atoms with Crippen molar-refractivity contribution < 1.29 is 0 Å². The van der Waals surface area contributed by atoms with Crippen molar-refractivity contribution in [3.8, 4) is 0 Å². The summed E-state index contributed by atoms with van der Waals surface area (Å²) in [5, 5.41) is 1.34. The van der Waals surface area contributed by atoms with Crippen LogP contribution in [0.25, 0.3) is 10.1 Å². The fraction of sp³-hybridized carbons (Fsp3) is 0.467. The van der Waals surface area contributed by atoms with Crippen molar-refractivity contribution in [3.63, 3.8) is 0 Å². The van der Waals surface area contributed by atoms with E-state index < -0.39 is 0 Å². The van der Waals surface area contributed by atoms with E-state index in [1.165, 1.54) is 47.1 Å². The molecule has 0 amide bonds. The lowest BCUT2D eigenvalue weighted by molar-refractivity contribution is 0.404. The van der Waals surface area contributed by atoms with Gasteiger partial charge in [0, 0.05) is 9.58 Å². The molecule has 0 radical (unpaired) electrons. The number of nitrogens with two attached hydrogens (primary N) is 1. The highest BCUT2D eigenvalue weighted by molar-refractivity contribution is 7.19. The highest BCUT2D eigenvalue weighted by Gasteiger charge is 2.21. The summed E-state index contributed by atoms with van der Waals surface area (Å²) in [5.74, 6) is 6.62. The predicted molar refractivity (Wildman–Crippen MR) is 78.5 cm³/mol. The Balaban J connectivity index is 1.81. The molecule has 1 aromatic heterocycles. The number of benzene rings is 1. The van der Waals surface area contributed by atoms with Crippen molar-refractivity contribution >= 4 is 21.4 Å². The second-order valence-corrected chi connectivity index (χ2v) is 6.41. The molecule has 1 aromatic carbocycles. The molecule has 0 saturated heterocycles. The lowest BCUT2D eigenvalue weighted by atomic mass is 9.98. The summed E-state index contributed by atoms with van der Waals surface area (Å²) in [5.41, 5.74) is 3.02. The van der Waals surface area contributed by atoms with Gasteiger partial charge in [0.05, 0.1) is 6.04 Å². The lowest BCUT2D eigenvalue weighted by Crippen LogP contribution is -2.28. The van der Waals surface area contributed by atoms with Crippen LogP contribution in [-0.4, -0.2) is 0 Å². The molecule has 1 unspecified atom stereocenters. The van der Waals surface area contributed by atoms with Crippen LogP contribution in [-0.2, 0) is 0 Å². The van der Waals surface area contributed by atoms with Gasteiger partial charge in [0.2, 0.25) is 0 Å². The number of fused-ring (bicyclic) bond motifs is 1. The lowest BCUT2D eigenvalue weighted by Gasteiger charge is -2.18. The van der Waals surface area contributed by atoms with E-state index in [9.17, 15) is 0 Å². The van der Waals surface area contributed by atoms with Gasteiger partial charge in [-0.15, -0.1) is 11.3 Å². The molecule has 2 aromatic rings. The molecule has 1 saturated carbocycles. The summed E-state index contributed by atoms with van der Waals surface area (Å²) >= 11 is 1.87. The summed E-state index contributed by atoms with van der Waals surface area (Å²) in [7, 11) is 0. The van der Waals surface area contributed by atoms with Crippen molar-refractivity contribution in [2.75, 3.05) is 0 Å². The molecular formula is C15H20N2S. The standard InChI is InChI=1S/C15H20N2S/c16-17-13(9-11-5-1-2-6-11)15-10-12-7-3-4-8-14(12)18-15/h3-4,7-8,10-11,13,17H,1-2,5-6,9,16H2. The zero-order chi connectivity index (χ0) is 12.4. The van der Waals surface area contributed by atoms with E-state index in [4.69, 9.17) is 5.84 Å². The zero-order valence-corrected chi connectivity index (χ0v) is 11.4. The average Bonchev–Trinajstić information content (AvgIpc) is 3.04. The van der Waals surface area contributed by atoms with Crippen molar-refractivity contribution in [3.05, 3.63) is 35.2 Å². The molecule has 1 aliphatic rings. The third-order valence-electron chi connectivity index (χ3n) is 4.03. The maximum absolute atomic E-state index is 5.76. The first-order valence-electron chi connectivity index (χ1n) is 6.81. The zero-order valence-electron chi connectivity index (χ0n) is 10.6. The summed E-state index contributed by atoms with van der Waals surface area (Å²) in [6.45, 7) is 0. The first-order chi connectivity index (χ1) is 8.86. The van der Waals surface area contributed by atoms with Crippen LogP contribution in [0.3, 0.4) is 0 Å². The Morgan fingerprint density at radius 2 is 2.06 bits per heavy atom. The molecule has 0 aliphatic heterocycles. The summed E-state index contributed by atoms with van der Waals surface area (Å²) in [6.07, 6.45) is 6.73. The van der Waals surface area contributed by atoms with E-state index in [0.717, 1.165) is 5.92 Å². The quantitative estimate of drug-likeness (QED) is 0.644. The predicted octanol–water partition coefficient (Wildman–Crippen LogP) is 3.99. The Hall–Kier alpha value is -0.900. The molecule has 3 heteroatoms. The van der Waals surface area contributed by atoms with E-state index in [1.54, 1.807) is 0 Å². The fourth-order valence-corrected chi connectivity index (χ4v) is 4.16. The first-order valence-corrected chi connectivity index (χ1v) is 7.63. The van der Waals surface area contributed by atoms with Gasteiger partial charge in [0.25, 0.3) is 0 Å². The van der Waals surface area contributed by atoms with Gasteiger partial charge in [0.1, 0.15) is 0 Å². The van der Waals surface area contributed by atoms with Crippen LogP contribution in [0.4, 0.5) is 0 Å². The maximum atomic E-state index is 5.76. The molecule has 3 N–H and O–H groups in total. The van der Waals surface area contributed by atoms with Crippen LogP contribution in [0.15, 0.2) is 30.3 Å². The van der Waals surface area contributed by atoms with Gasteiger partial charge in [0.15, 0.2) is 0 Å². The van der Waals surface area contributed by atoms with Gasteiger partial charge in [-0.3, -0.25) is 11.3 Å². The molecule has 0 spiro atoms. The minimum Gasteiger partial charge on any atom is -0.271 e. The summed E-state index contributed by atoms with van der Waals surface area (Å²) in [4.78, 5) is 1.38. The van der Waals surface area contributed by atoms with Crippen LogP contribution in [0, 0.1) is 5.92 Å². The molecule has 1 heterocycles. The number of hydrazine groups is 1. The average molecular weight is 260 g/mol. The molecule has 3 rings (SSSR count). The highest BCUT2D eigenvalue weighted by Crippen LogP contribution is 2.36. The molecule has 18 heavy (non-hydrogen) atoms. The molecule has 2 nitrogen and oxygen atoms in total. The van der Waals surface area contributed by atoms with Crippen LogP contribution in [0.5, 0.6) is 0 Å². The summed E-state index contributed by atoms with van der Waals surface area (Å²) in [6, 6.07) is 11.2. The van der Waals surface area contributed by atoms with Gasteiger partial charge in [-0.25, -0.2) is 0 Å². The monoisotopic (exact) mass is 260 g/mol. The fourth-order valence-electron chi connectivity index (χ4n) is 3.02. The Morgan fingerprint density at radius 3 is 2.78 bits per heavy atom. The number of hydrogen-bond acceptors (Lipinski definition) is 3. The molecular weight excluding hydrogens is 240 g/mol. The Morgan fingerprint density at radius 1 is 1.28 bits per heavy atom. The number of hydrogen-bond donors (Lipinski definition) is 2. The van der Waals surface area contributed by atoms with Crippen LogP contribution in [0.2, 0.25) is 0 Å². The largest absolute Gasteiger partial charge is 0.271 e. The van der Waals surface area contributed by atoms with E-state index >= 15 is 0 Å². The van der Waals surface area contributed by atoms with E-state index in [1.807, 2.05) is 11.3 Å². The third kappa shape index (κ3) is 2.44. The normalized spacial score (nSPS) is 18.5. The van der Waals surface area contributed by atoms with E-state index in [0.29, 0.717) is 6.04 Å². The number of nitrogens with one attached hydrogen (secondary N) is 1. The minimum atomic E-state index is 0.325. The topological polar surface area (TPSA) is 38.0 Å². The van der Waals surface area contributed by atoms with E-state index in [-0.39, 0.29) is 0 Å². The molecule has 1 atom stereocenters. The molecule has 96 valence electrons. The van der Waals surface area contributed by atoms with Crippen molar-refractivity contribution in [1.82, 2.24) is 5.43 Å². The molecule has 0 bridgehead atoms. The van der Waals surface area contributed by atoms with Gasteiger partial charge >= 0.3 is 0 Å². The Kier molecular flexibility index (Phi) is 3.64. The second kappa shape index (κ2) is 5.39. The van der Waals surface area contributed by atoms with E-state index in [2.05, 4.69) is 35.8 Å². The third-order valence-corrected chi connectivity index (χ3v) is 5.26. The van der Waals surface area contributed by atoms with Gasteiger partial charge in [-0.2, -0.15) is 0 Å². The Bertz CT molecular complexity index is 481. The van der Waals surface area contributed by atoms with Gasteiger partial charge < -0.3 is 0 Å². The highest BCUT2D eigenvalue weighted by atomic mass is 32.1. The van der Waals surface area contributed by atoms with Crippen LogP contribution < -0.4 is 11.3 Å². The second-order valence-electron chi connectivity index (χ2n) is 5.29. The first kappa shape index (κ1) is 12.2. The smallest absolute Gasteiger partial charge is 0.0556 e. The van der Waals surface area contributed by atoms with Crippen molar-refractivity contribution in [2.45, 2.75) is 38.1 Å². The van der Waals surface area contributed by atoms with Crippen molar-refractivity contribution in [2.24, 2.45) is 11.8 Å². The number of rotatable bonds is 4. The summed E-state index contributed by atoms with van der Waals surface area (Å²) < 4.78 is 1.36. The SMILES string of the molecule is NNC(CC1CCCC1)c1cc2ccccc2s1. The number of thiophene rings is 1. The Labute approximate surface area is 112 Å². The van der Waals surface area contributed by atoms with Crippen molar-refractivity contribution in [1.29, 1.82) is 0 Å².